The van der Waals surface area contributed by atoms with Crippen molar-refractivity contribution in [1.82, 2.24) is 4.90 Å². The number of hydrogen-bond acceptors (Lipinski definition) is 4. The Hall–Kier alpha value is -1.76. The molecule has 1 aliphatic heterocycles. The summed E-state index contributed by atoms with van der Waals surface area (Å²) in [7, 11) is -1.32. The summed E-state index contributed by atoms with van der Waals surface area (Å²) in [5.41, 5.74) is 0.380. The number of Topliss-reactive ketones (excluding diaryl/α,β-unsaturated/α-hetero) is 1. The number of carbonyl (C=O) groups is 2. The average molecular weight is 341 g/mol. The number of amides is 1. The lowest BCUT2D eigenvalue weighted by molar-refractivity contribution is -0.132. The van der Waals surface area contributed by atoms with Gasteiger partial charge in [-0.3, -0.25) is 9.59 Å². The average Bonchev–Trinajstić information content (AvgIpc) is 2.52. The van der Waals surface area contributed by atoms with Crippen LogP contribution in [0.5, 0.6) is 0 Å². The van der Waals surface area contributed by atoms with E-state index in [1.54, 1.807) is 11.9 Å². The van der Waals surface area contributed by atoms with Gasteiger partial charge in [0.1, 0.15) is 15.7 Å². The van der Waals surface area contributed by atoms with Crippen molar-refractivity contribution in [2.24, 2.45) is 0 Å². The first kappa shape index (κ1) is 17.6. The van der Waals surface area contributed by atoms with Gasteiger partial charge in [-0.15, -0.1) is 0 Å². The van der Waals surface area contributed by atoms with Crippen LogP contribution in [0.4, 0.5) is 4.39 Å². The van der Waals surface area contributed by atoms with Crippen molar-refractivity contribution in [3.8, 4) is 0 Å². The summed E-state index contributed by atoms with van der Waals surface area (Å²) < 4.78 is 35.6. The second-order valence-corrected chi connectivity index (χ2v) is 8.12. The Kier molecular flexibility index (Phi) is 5.51. The van der Waals surface area contributed by atoms with Gasteiger partial charge in [0, 0.05) is 31.5 Å². The Labute approximate surface area is 135 Å². The number of sulfone groups is 1. The predicted octanol–water partition coefficient (Wildman–Crippen LogP) is 1.82. The predicted molar refractivity (Wildman–Crippen MR) is 84.4 cm³/mol. The zero-order valence-electron chi connectivity index (χ0n) is 13.0. The molecular weight excluding hydrogens is 321 g/mol. The van der Waals surface area contributed by atoms with E-state index in [9.17, 15) is 22.4 Å². The van der Waals surface area contributed by atoms with Gasteiger partial charge < -0.3 is 4.90 Å². The molecule has 7 heteroatoms. The van der Waals surface area contributed by atoms with Crippen LogP contribution in [0.15, 0.2) is 24.3 Å². The van der Waals surface area contributed by atoms with Crippen molar-refractivity contribution < 1.29 is 22.4 Å². The zero-order chi connectivity index (χ0) is 17.0. The number of nitrogens with zero attached hydrogens (tertiary/aromatic N) is 1. The van der Waals surface area contributed by atoms with Crippen molar-refractivity contribution in [3.63, 3.8) is 0 Å². The Balaban J connectivity index is 1.84. The molecule has 1 aromatic rings. The molecule has 0 atom stereocenters. The lowest BCUT2D eigenvalue weighted by Crippen LogP contribution is -2.42. The largest absolute Gasteiger partial charge is 0.343 e. The fourth-order valence-electron chi connectivity index (χ4n) is 2.65. The molecule has 1 aromatic carbocycles. The molecule has 23 heavy (non-hydrogen) atoms. The molecule has 0 saturated carbocycles. The summed E-state index contributed by atoms with van der Waals surface area (Å²) in [5, 5.41) is 0. The maximum Gasteiger partial charge on any atom is 0.223 e. The van der Waals surface area contributed by atoms with Crippen LogP contribution in [-0.2, 0) is 14.6 Å². The number of ketones is 1. The third-order valence-corrected chi connectivity index (χ3v) is 5.91. The molecule has 2 rings (SSSR count). The normalized spacial score (nSPS) is 17.7. The minimum atomic E-state index is -2.96. The van der Waals surface area contributed by atoms with Gasteiger partial charge in [0.15, 0.2) is 5.78 Å². The summed E-state index contributed by atoms with van der Waals surface area (Å²) in [6.07, 6.45) is 1.00. The van der Waals surface area contributed by atoms with Crippen LogP contribution in [0.25, 0.3) is 0 Å². The van der Waals surface area contributed by atoms with Crippen LogP contribution in [0, 0.1) is 5.82 Å². The highest BCUT2D eigenvalue weighted by Crippen LogP contribution is 2.18. The van der Waals surface area contributed by atoms with Gasteiger partial charge in [0.2, 0.25) is 5.91 Å². The van der Waals surface area contributed by atoms with E-state index in [4.69, 9.17) is 0 Å². The molecule has 1 saturated heterocycles. The van der Waals surface area contributed by atoms with Crippen LogP contribution in [0.2, 0.25) is 0 Å². The minimum absolute atomic E-state index is 0.0554. The van der Waals surface area contributed by atoms with Gasteiger partial charge in [-0.1, -0.05) is 0 Å². The summed E-state index contributed by atoms with van der Waals surface area (Å²) >= 11 is 0. The molecule has 0 aromatic heterocycles. The fraction of sp³-hybridized carbons (Fsp3) is 0.500. The number of halogens is 1. The third-order valence-electron chi connectivity index (χ3n) is 4.20. The molecule has 126 valence electrons. The highest BCUT2D eigenvalue weighted by atomic mass is 32.2. The van der Waals surface area contributed by atoms with Crippen LogP contribution in [0.3, 0.4) is 0 Å². The van der Waals surface area contributed by atoms with E-state index in [0.717, 1.165) is 0 Å². The maximum absolute atomic E-state index is 12.8. The maximum atomic E-state index is 12.8. The molecule has 5 nitrogen and oxygen atoms in total. The van der Waals surface area contributed by atoms with E-state index in [1.807, 2.05) is 0 Å². The van der Waals surface area contributed by atoms with E-state index in [1.165, 1.54) is 24.3 Å². The second-order valence-electron chi connectivity index (χ2n) is 5.82. The van der Waals surface area contributed by atoms with Crippen LogP contribution in [0.1, 0.15) is 36.0 Å². The Morgan fingerprint density at radius 3 is 2.26 bits per heavy atom. The molecule has 0 unspecified atom stereocenters. The van der Waals surface area contributed by atoms with E-state index in [-0.39, 0.29) is 42.1 Å². The Morgan fingerprint density at radius 1 is 1.13 bits per heavy atom. The quantitative estimate of drug-likeness (QED) is 0.766. The Bertz CT molecular complexity index is 671. The van der Waals surface area contributed by atoms with Crippen LogP contribution >= 0.6 is 0 Å². The molecule has 1 heterocycles. The van der Waals surface area contributed by atoms with E-state index in [2.05, 4.69) is 0 Å². The molecule has 1 aliphatic rings. The summed E-state index contributed by atoms with van der Waals surface area (Å²) in [4.78, 5) is 25.7. The lowest BCUT2D eigenvalue weighted by Gasteiger charge is -2.31. The second kappa shape index (κ2) is 7.21. The molecular formula is C16H20FNO4S. The SMILES string of the molecule is CN(C(=O)CCC(=O)c1ccc(F)cc1)C1CCS(=O)(=O)CC1. The number of hydrogen-bond donors (Lipinski definition) is 0. The number of benzene rings is 1. The first-order valence-electron chi connectivity index (χ1n) is 7.53. The highest BCUT2D eigenvalue weighted by Gasteiger charge is 2.28. The topological polar surface area (TPSA) is 71.5 Å². The van der Waals surface area contributed by atoms with E-state index in [0.29, 0.717) is 18.4 Å². The fourth-order valence-corrected chi connectivity index (χ4v) is 4.11. The molecule has 0 spiro atoms. The van der Waals surface area contributed by atoms with Crippen molar-refractivity contribution >= 4 is 21.5 Å². The molecule has 0 aliphatic carbocycles. The van der Waals surface area contributed by atoms with Crippen LogP contribution < -0.4 is 0 Å². The highest BCUT2D eigenvalue weighted by molar-refractivity contribution is 7.91. The van der Waals surface area contributed by atoms with Gasteiger partial charge in [0.25, 0.3) is 0 Å². The third kappa shape index (κ3) is 4.86. The summed E-state index contributed by atoms with van der Waals surface area (Å²) in [6, 6.07) is 5.13. The summed E-state index contributed by atoms with van der Waals surface area (Å²) in [6.45, 7) is 0. The van der Waals surface area contributed by atoms with Crippen molar-refractivity contribution in [2.45, 2.75) is 31.7 Å². The van der Waals surface area contributed by atoms with Gasteiger partial charge >= 0.3 is 0 Å². The first-order chi connectivity index (χ1) is 10.8. The van der Waals surface area contributed by atoms with Crippen LogP contribution in [-0.4, -0.2) is 49.6 Å². The standard InChI is InChI=1S/C16H20FNO4S/c1-18(14-8-10-23(21,22)11-9-14)16(20)7-6-15(19)12-2-4-13(17)5-3-12/h2-5,14H,6-11H2,1H3. The molecule has 0 bridgehead atoms. The van der Waals surface area contributed by atoms with Crippen molar-refractivity contribution in [1.29, 1.82) is 0 Å². The van der Waals surface area contributed by atoms with Gasteiger partial charge in [-0.25, -0.2) is 12.8 Å². The molecule has 1 amide bonds. The molecule has 0 N–H and O–H groups in total. The van der Waals surface area contributed by atoms with Crippen molar-refractivity contribution in [3.05, 3.63) is 35.6 Å². The van der Waals surface area contributed by atoms with Gasteiger partial charge in [0.05, 0.1) is 11.5 Å². The first-order valence-corrected chi connectivity index (χ1v) is 9.35. The Morgan fingerprint density at radius 2 is 1.70 bits per heavy atom. The zero-order valence-corrected chi connectivity index (χ0v) is 13.8. The smallest absolute Gasteiger partial charge is 0.223 e. The van der Waals surface area contributed by atoms with E-state index >= 15 is 0 Å². The van der Waals surface area contributed by atoms with Crippen molar-refractivity contribution in [2.75, 3.05) is 18.6 Å². The number of rotatable bonds is 5. The van der Waals surface area contributed by atoms with Gasteiger partial charge in [-0.2, -0.15) is 0 Å². The monoisotopic (exact) mass is 341 g/mol. The van der Waals surface area contributed by atoms with E-state index < -0.39 is 15.7 Å². The molecule has 0 radical (unpaired) electrons. The molecule has 1 fully saturated rings. The number of carbonyl (C=O) groups excluding carboxylic acids is 2. The summed E-state index contributed by atoms with van der Waals surface area (Å²) in [5.74, 6) is -0.597. The minimum Gasteiger partial charge on any atom is -0.343 e. The lowest BCUT2D eigenvalue weighted by atomic mass is 10.1. The van der Waals surface area contributed by atoms with Gasteiger partial charge in [-0.05, 0) is 37.1 Å².